The second-order valence-corrected chi connectivity index (χ2v) is 14.0. The van der Waals surface area contributed by atoms with Crippen LogP contribution in [0.1, 0.15) is 104 Å². The fraction of sp³-hybridized carbons (Fsp3) is 0.568. The average Bonchev–Trinajstić information content (AvgIpc) is 2.99. The number of aliphatic hydroxyl groups is 1. The molecule has 0 radical (unpaired) electrons. The van der Waals surface area contributed by atoms with Crippen molar-refractivity contribution in [1.82, 2.24) is 15.5 Å². The molecule has 2 aromatic carbocycles. The lowest BCUT2D eigenvalue weighted by Gasteiger charge is -2.35. The van der Waals surface area contributed by atoms with E-state index in [0.29, 0.717) is 12.0 Å². The van der Waals surface area contributed by atoms with Crippen molar-refractivity contribution in [2.75, 3.05) is 13.2 Å². The Hall–Kier alpha value is -4.12. The molecule has 0 aromatic heterocycles. The Morgan fingerprint density at radius 1 is 0.771 bits per heavy atom. The molecule has 0 spiro atoms. The fourth-order valence-electron chi connectivity index (χ4n) is 5.06. The van der Waals surface area contributed by atoms with Crippen molar-refractivity contribution in [2.24, 2.45) is 0 Å². The first-order valence-electron chi connectivity index (χ1n) is 16.8. The van der Waals surface area contributed by atoms with Gasteiger partial charge >= 0.3 is 12.1 Å². The molecule has 0 aliphatic carbocycles. The number of nitrogens with zero attached hydrogens (tertiary/aromatic N) is 1. The van der Waals surface area contributed by atoms with Crippen LogP contribution < -0.4 is 10.6 Å². The van der Waals surface area contributed by atoms with Gasteiger partial charge in [-0.05, 0) is 71.2 Å². The fourth-order valence-corrected chi connectivity index (χ4v) is 5.06. The van der Waals surface area contributed by atoms with Crippen molar-refractivity contribution in [1.29, 1.82) is 0 Å². The van der Waals surface area contributed by atoms with Gasteiger partial charge in [-0.2, -0.15) is 0 Å². The smallest absolute Gasteiger partial charge is 0.408 e. The minimum atomic E-state index is -1.42. The maximum absolute atomic E-state index is 14.4. The Morgan fingerprint density at radius 2 is 1.35 bits per heavy atom. The minimum Gasteiger partial charge on any atom is -0.508 e. The van der Waals surface area contributed by atoms with Gasteiger partial charge in [-0.3, -0.25) is 9.59 Å². The van der Waals surface area contributed by atoms with E-state index < -0.39 is 59.8 Å². The molecule has 2 rings (SSSR count). The van der Waals surface area contributed by atoms with Crippen LogP contribution in [0.25, 0.3) is 0 Å². The van der Waals surface area contributed by atoms with Crippen LogP contribution in [-0.2, 0) is 30.3 Å². The predicted molar refractivity (Wildman–Crippen MR) is 184 cm³/mol. The molecular formula is C37H55N3O8. The Kier molecular flexibility index (Phi) is 15.9. The largest absolute Gasteiger partial charge is 0.508 e. The van der Waals surface area contributed by atoms with Gasteiger partial charge < -0.3 is 35.2 Å². The third-order valence-corrected chi connectivity index (χ3v) is 7.27. The van der Waals surface area contributed by atoms with Crippen LogP contribution in [0, 0.1) is 0 Å². The first-order chi connectivity index (χ1) is 22.5. The van der Waals surface area contributed by atoms with E-state index in [1.165, 1.54) is 29.2 Å². The Balaban J connectivity index is 2.55. The van der Waals surface area contributed by atoms with Crippen LogP contribution in [0.5, 0.6) is 5.75 Å². The van der Waals surface area contributed by atoms with Gasteiger partial charge in [0, 0.05) is 13.0 Å². The van der Waals surface area contributed by atoms with E-state index in [4.69, 9.17) is 9.47 Å². The summed E-state index contributed by atoms with van der Waals surface area (Å²) in [5.41, 5.74) is -0.526. The van der Waals surface area contributed by atoms with Crippen molar-refractivity contribution < 1.29 is 38.9 Å². The lowest BCUT2D eigenvalue weighted by Crippen LogP contribution is -2.56. The molecule has 3 amide bonds. The normalized spacial score (nSPS) is 13.5. The summed E-state index contributed by atoms with van der Waals surface area (Å²) < 4.78 is 11.0. The van der Waals surface area contributed by atoms with Crippen LogP contribution in [0.2, 0.25) is 0 Å². The summed E-state index contributed by atoms with van der Waals surface area (Å²) in [5.74, 6) is -2.05. The van der Waals surface area contributed by atoms with Crippen molar-refractivity contribution in [2.45, 2.75) is 123 Å². The summed E-state index contributed by atoms with van der Waals surface area (Å²) in [6, 6.07) is 11.2. The summed E-state index contributed by atoms with van der Waals surface area (Å²) in [6.07, 6.45) is 4.69. The highest BCUT2D eigenvalue weighted by Crippen LogP contribution is 2.26. The molecule has 3 unspecified atom stereocenters. The molecule has 0 aliphatic heterocycles. The quantitative estimate of drug-likeness (QED) is 0.126. The molecule has 0 aliphatic rings. The van der Waals surface area contributed by atoms with E-state index in [0.717, 1.165) is 37.7 Å². The number of benzene rings is 2. The van der Waals surface area contributed by atoms with E-state index in [-0.39, 0.29) is 18.7 Å². The molecule has 48 heavy (non-hydrogen) atoms. The number of hydrogen-bond donors (Lipinski definition) is 4. The molecule has 266 valence electrons. The summed E-state index contributed by atoms with van der Waals surface area (Å²) in [6.45, 7) is 11.7. The van der Waals surface area contributed by atoms with Crippen LogP contribution >= 0.6 is 0 Å². The third kappa shape index (κ3) is 14.3. The number of nitrogens with one attached hydrogen (secondary N) is 2. The van der Waals surface area contributed by atoms with Gasteiger partial charge in [0.05, 0.1) is 6.61 Å². The number of ether oxygens (including phenoxy) is 2. The molecule has 0 bridgehead atoms. The first-order valence-corrected chi connectivity index (χ1v) is 16.8. The van der Waals surface area contributed by atoms with Crippen LogP contribution in [0.4, 0.5) is 4.79 Å². The molecule has 2 aromatic rings. The molecule has 3 atom stereocenters. The van der Waals surface area contributed by atoms with Gasteiger partial charge in [-0.1, -0.05) is 81.5 Å². The molecule has 4 N–H and O–H groups in total. The number of aliphatic hydroxyl groups excluding tert-OH is 1. The highest BCUT2D eigenvalue weighted by Gasteiger charge is 2.38. The second kappa shape index (κ2) is 19.0. The third-order valence-electron chi connectivity index (χ3n) is 7.27. The highest BCUT2D eigenvalue weighted by atomic mass is 16.6. The molecule has 0 saturated carbocycles. The van der Waals surface area contributed by atoms with Crippen molar-refractivity contribution in [3.63, 3.8) is 0 Å². The Morgan fingerprint density at radius 3 is 1.92 bits per heavy atom. The SMILES string of the molecule is CCCCCCCCN(C(=O)C(CO)NC(=O)OC(C)(C)C)C(C(=O)NC(Cc1ccccc1)C(=O)OC(C)(C)C)c1ccc(O)cc1. The summed E-state index contributed by atoms with van der Waals surface area (Å²) in [7, 11) is 0. The van der Waals surface area contributed by atoms with Crippen molar-refractivity contribution in [3.8, 4) is 5.75 Å². The van der Waals surface area contributed by atoms with Gasteiger partial charge in [0.1, 0.15) is 35.1 Å². The van der Waals surface area contributed by atoms with E-state index in [1.54, 1.807) is 41.5 Å². The van der Waals surface area contributed by atoms with Crippen molar-refractivity contribution in [3.05, 3.63) is 65.7 Å². The Labute approximate surface area is 285 Å². The summed E-state index contributed by atoms with van der Waals surface area (Å²) in [5, 5.41) is 25.6. The number of phenolic OH excluding ortho intramolecular Hbond substituents is 1. The molecule has 0 heterocycles. The molecule has 11 heteroatoms. The number of hydrogen-bond acceptors (Lipinski definition) is 8. The van der Waals surface area contributed by atoms with Gasteiger partial charge in [-0.25, -0.2) is 9.59 Å². The minimum absolute atomic E-state index is 0.0396. The maximum atomic E-state index is 14.4. The number of rotatable bonds is 17. The Bertz CT molecular complexity index is 1300. The van der Waals surface area contributed by atoms with Crippen LogP contribution in [-0.4, -0.2) is 75.4 Å². The lowest BCUT2D eigenvalue weighted by atomic mass is 10.00. The number of phenols is 1. The number of aromatic hydroxyl groups is 1. The number of unbranched alkanes of at least 4 members (excludes halogenated alkanes) is 5. The molecule has 0 saturated heterocycles. The second-order valence-electron chi connectivity index (χ2n) is 14.0. The lowest BCUT2D eigenvalue weighted by molar-refractivity contribution is -0.159. The molecule has 11 nitrogen and oxygen atoms in total. The first kappa shape index (κ1) is 40.1. The summed E-state index contributed by atoms with van der Waals surface area (Å²) in [4.78, 5) is 56.0. The number of amides is 3. The van der Waals surface area contributed by atoms with E-state index in [2.05, 4.69) is 17.6 Å². The molecular weight excluding hydrogens is 614 g/mol. The van der Waals surface area contributed by atoms with Gasteiger partial charge in [0.25, 0.3) is 0 Å². The standard InChI is InChI=1S/C37H55N3O8/c1-8-9-10-11-12-16-23-40(33(44)30(25-41)39-35(46)48-37(5,6)7)31(27-19-21-28(42)22-20-27)32(43)38-29(34(45)47-36(2,3)4)24-26-17-14-13-15-18-26/h13-15,17-22,29-31,41-42H,8-12,16,23-25H2,1-7H3,(H,38,43)(H,39,46). The van der Waals surface area contributed by atoms with Gasteiger partial charge in [0.2, 0.25) is 11.8 Å². The van der Waals surface area contributed by atoms with E-state index in [1.807, 2.05) is 30.3 Å². The number of carbonyl (C=O) groups is 4. The average molecular weight is 670 g/mol. The van der Waals surface area contributed by atoms with Crippen molar-refractivity contribution >= 4 is 23.9 Å². The van der Waals surface area contributed by atoms with Gasteiger partial charge in [0.15, 0.2) is 0 Å². The predicted octanol–water partition coefficient (Wildman–Crippen LogP) is 5.58. The number of carbonyl (C=O) groups excluding carboxylic acids is 4. The topological polar surface area (TPSA) is 154 Å². The zero-order valence-electron chi connectivity index (χ0n) is 29.6. The zero-order chi connectivity index (χ0) is 35.9. The van der Waals surface area contributed by atoms with E-state index >= 15 is 0 Å². The van der Waals surface area contributed by atoms with Crippen LogP contribution in [0.15, 0.2) is 54.6 Å². The monoisotopic (exact) mass is 669 g/mol. The van der Waals surface area contributed by atoms with E-state index in [9.17, 15) is 29.4 Å². The van der Waals surface area contributed by atoms with Crippen LogP contribution in [0.3, 0.4) is 0 Å². The molecule has 0 fully saturated rings. The zero-order valence-corrected chi connectivity index (χ0v) is 29.6. The highest BCUT2D eigenvalue weighted by molar-refractivity contribution is 5.94. The summed E-state index contributed by atoms with van der Waals surface area (Å²) >= 11 is 0. The van der Waals surface area contributed by atoms with Gasteiger partial charge in [-0.15, -0.1) is 0 Å². The maximum Gasteiger partial charge on any atom is 0.408 e. The number of alkyl carbamates (subject to hydrolysis) is 1. The number of esters is 1.